The van der Waals surface area contributed by atoms with Crippen molar-refractivity contribution in [2.24, 2.45) is 5.92 Å². The minimum atomic E-state index is -3.27. The highest BCUT2D eigenvalue weighted by molar-refractivity contribution is 7.88. The Labute approximate surface area is 104 Å². The zero-order valence-electron chi connectivity index (χ0n) is 11.0. The summed E-state index contributed by atoms with van der Waals surface area (Å²) in [6.07, 6.45) is 2.56. The highest BCUT2D eigenvalue weighted by Gasteiger charge is 2.37. The van der Waals surface area contributed by atoms with E-state index in [2.05, 4.69) is 0 Å². The summed E-state index contributed by atoms with van der Waals surface area (Å²) in [5.74, 6) is 0.304. The maximum Gasteiger partial charge on any atom is 0.240 e. The van der Waals surface area contributed by atoms with E-state index in [-0.39, 0.29) is 5.91 Å². The minimum Gasteiger partial charge on any atom is -0.344 e. The average molecular weight is 262 g/mol. The first-order chi connectivity index (χ1) is 7.73. The largest absolute Gasteiger partial charge is 0.344 e. The van der Waals surface area contributed by atoms with Crippen LogP contribution in [0.25, 0.3) is 0 Å². The van der Waals surface area contributed by atoms with Gasteiger partial charge < -0.3 is 4.90 Å². The SMILES string of the molecule is CC(C)CN(C)C(=O)C1CCCN1S(C)(=O)=O. The van der Waals surface area contributed by atoms with Crippen LogP contribution in [0, 0.1) is 5.92 Å². The summed E-state index contributed by atoms with van der Waals surface area (Å²) in [6, 6.07) is -0.492. The van der Waals surface area contributed by atoms with Crippen molar-refractivity contribution in [1.29, 1.82) is 0 Å². The predicted molar refractivity (Wildman–Crippen MR) is 67.0 cm³/mol. The van der Waals surface area contributed by atoms with Crippen molar-refractivity contribution in [2.75, 3.05) is 26.4 Å². The summed E-state index contributed by atoms with van der Waals surface area (Å²) in [5, 5.41) is 0. The van der Waals surface area contributed by atoms with Gasteiger partial charge in [-0.2, -0.15) is 4.31 Å². The van der Waals surface area contributed by atoms with E-state index in [0.29, 0.717) is 25.4 Å². The van der Waals surface area contributed by atoms with E-state index in [9.17, 15) is 13.2 Å². The van der Waals surface area contributed by atoms with E-state index >= 15 is 0 Å². The average Bonchev–Trinajstić information content (AvgIpc) is 2.62. The molecular formula is C11H22N2O3S. The number of hydrogen-bond donors (Lipinski definition) is 0. The second-order valence-corrected chi connectivity index (χ2v) is 7.08. The van der Waals surface area contributed by atoms with Crippen LogP contribution in [0.4, 0.5) is 0 Å². The molecule has 1 saturated heterocycles. The van der Waals surface area contributed by atoms with Crippen LogP contribution >= 0.6 is 0 Å². The van der Waals surface area contributed by atoms with Gasteiger partial charge in [-0.1, -0.05) is 13.8 Å². The van der Waals surface area contributed by atoms with E-state index in [1.54, 1.807) is 11.9 Å². The number of hydrogen-bond acceptors (Lipinski definition) is 3. The van der Waals surface area contributed by atoms with E-state index in [0.717, 1.165) is 6.42 Å². The first kappa shape index (κ1) is 14.4. The van der Waals surface area contributed by atoms with Crippen molar-refractivity contribution >= 4 is 15.9 Å². The Kier molecular flexibility index (Phi) is 4.55. The van der Waals surface area contributed by atoms with Gasteiger partial charge in [-0.15, -0.1) is 0 Å². The van der Waals surface area contributed by atoms with Crippen molar-refractivity contribution in [3.63, 3.8) is 0 Å². The van der Waals surface area contributed by atoms with Crippen molar-refractivity contribution in [3.8, 4) is 0 Å². The fourth-order valence-corrected chi connectivity index (χ4v) is 3.39. The molecule has 17 heavy (non-hydrogen) atoms. The summed E-state index contributed by atoms with van der Waals surface area (Å²) in [5.41, 5.74) is 0. The molecule has 0 radical (unpaired) electrons. The van der Waals surface area contributed by atoms with Gasteiger partial charge in [0.2, 0.25) is 15.9 Å². The first-order valence-corrected chi connectivity index (χ1v) is 7.80. The van der Waals surface area contributed by atoms with Gasteiger partial charge >= 0.3 is 0 Å². The van der Waals surface area contributed by atoms with E-state index in [4.69, 9.17) is 0 Å². The topological polar surface area (TPSA) is 57.7 Å². The Morgan fingerprint density at radius 1 is 1.47 bits per heavy atom. The Hall–Kier alpha value is -0.620. The van der Waals surface area contributed by atoms with Crippen LogP contribution in [0.15, 0.2) is 0 Å². The van der Waals surface area contributed by atoms with Crippen LogP contribution in [0.3, 0.4) is 0 Å². The molecule has 1 atom stereocenters. The van der Waals surface area contributed by atoms with Gasteiger partial charge in [0, 0.05) is 20.1 Å². The Morgan fingerprint density at radius 3 is 2.53 bits per heavy atom. The molecular weight excluding hydrogens is 240 g/mol. The molecule has 0 N–H and O–H groups in total. The van der Waals surface area contributed by atoms with Gasteiger partial charge in [-0.3, -0.25) is 4.79 Å². The number of carbonyl (C=O) groups is 1. The summed E-state index contributed by atoms with van der Waals surface area (Å²) in [4.78, 5) is 13.8. The van der Waals surface area contributed by atoms with E-state index in [1.165, 1.54) is 10.6 Å². The third kappa shape index (κ3) is 3.67. The smallest absolute Gasteiger partial charge is 0.240 e. The van der Waals surface area contributed by atoms with Gasteiger partial charge in [0.1, 0.15) is 6.04 Å². The molecule has 1 amide bonds. The molecule has 6 heteroatoms. The molecule has 1 heterocycles. The van der Waals surface area contributed by atoms with Crippen LogP contribution < -0.4 is 0 Å². The van der Waals surface area contributed by atoms with E-state index in [1.807, 2.05) is 13.8 Å². The molecule has 1 rings (SSSR count). The number of nitrogens with zero attached hydrogens (tertiary/aromatic N) is 2. The zero-order valence-corrected chi connectivity index (χ0v) is 11.8. The number of carbonyl (C=O) groups excluding carboxylic acids is 1. The Morgan fingerprint density at radius 2 is 2.06 bits per heavy atom. The monoisotopic (exact) mass is 262 g/mol. The number of sulfonamides is 1. The highest BCUT2D eigenvalue weighted by Crippen LogP contribution is 2.22. The Bertz CT molecular complexity index is 378. The fraction of sp³-hybridized carbons (Fsp3) is 0.909. The minimum absolute atomic E-state index is 0.0818. The van der Waals surface area contributed by atoms with Crippen molar-refractivity contribution in [3.05, 3.63) is 0 Å². The quantitative estimate of drug-likeness (QED) is 0.742. The fourth-order valence-electron chi connectivity index (χ4n) is 2.28. The molecule has 1 aliphatic rings. The molecule has 0 aliphatic carbocycles. The predicted octanol–water partition coefficient (Wildman–Crippen LogP) is 0.525. The lowest BCUT2D eigenvalue weighted by atomic mass is 10.1. The molecule has 0 bridgehead atoms. The van der Waals surface area contributed by atoms with Crippen LogP contribution in [0.2, 0.25) is 0 Å². The van der Waals surface area contributed by atoms with E-state index < -0.39 is 16.1 Å². The molecule has 0 aromatic rings. The summed E-state index contributed by atoms with van der Waals surface area (Å²) in [7, 11) is -1.54. The van der Waals surface area contributed by atoms with Crippen LogP contribution in [-0.4, -0.2) is 56.0 Å². The molecule has 0 spiro atoms. The molecule has 0 aromatic carbocycles. The number of amides is 1. The normalized spacial score (nSPS) is 22.1. The standard InChI is InChI=1S/C11H22N2O3S/c1-9(2)8-12(3)11(14)10-6-5-7-13(10)17(4,15)16/h9-10H,5-8H2,1-4H3. The lowest BCUT2D eigenvalue weighted by Crippen LogP contribution is -2.46. The molecule has 1 fully saturated rings. The second kappa shape index (κ2) is 5.35. The molecule has 0 saturated carbocycles. The number of likely N-dealkylation sites (N-methyl/N-ethyl adjacent to an activating group) is 1. The summed E-state index contributed by atoms with van der Waals surface area (Å²) < 4.78 is 24.4. The van der Waals surface area contributed by atoms with Gasteiger partial charge in [-0.05, 0) is 18.8 Å². The molecule has 100 valence electrons. The van der Waals surface area contributed by atoms with Crippen molar-refractivity contribution < 1.29 is 13.2 Å². The van der Waals surface area contributed by atoms with Crippen LogP contribution in [0.1, 0.15) is 26.7 Å². The van der Waals surface area contributed by atoms with Crippen LogP contribution in [-0.2, 0) is 14.8 Å². The molecule has 0 aromatic heterocycles. The lowest BCUT2D eigenvalue weighted by molar-refractivity contribution is -0.133. The van der Waals surface area contributed by atoms with Crippen LogP contribution in [0.5, 0.6) is 0 Å². The van der Waals surface area contributed by atoms with Gasteiger partial charge in [-0.25, -0.2) is 8.42 Å². The number of rotatable bonds is 4. The van der Waals surface area contributed by atoms with Gasteiger partial charge in [0.25, 0.3) is 0 Å². The highest BCUT2D eigenvalue weighted by atomic mass is 32.2. The summed E-state index contributed by atoms with van der Waals surface area (Å²) >= 11 is 0. The summed E-state index contributed by atoms with van der Waals surface area (Å²) in [6.45, 7) is 5.19. The molecule has 1 unspecified atom stereocenters. The lowest BCUT2D eigenvalue weighted by Gasteiger charge is -2.27. The second-order valence-electron chi connectivity index (χ2n) is 5.14. The zero-order chi connectivity index (χ0) is 13.2. The third-order valence-electron chi connectivity index (χ3n) is 2.93. The van der Waals surface area contributed by atoms with Gasteiger partial charge in [0.15, 0.2) is 0 Å². The third-order valence-corrected chi connectivity index (χ3v) is 4.22. The maximum atomic E-state index is 12.2. The van der Waals surface area contributed by atoms with Crippen molar-refractivity contribution in [2.45, 2.75) is 32.7 Å². The van der Waals surface area contributed by atoms with Gasteiger partial charge in [0.05, 0.1) is 6.26 Å². The first-order valence-electron chi connectivity index (χ1n) is 5.95. The Balaban J connectivity index is 2.75. The molecule has 1 aliphatic heterocycles. The maximum absolute atomic E-state index is 12.2. The molecule has 5 nitrogen and oxygen atoms in total. The van der Waals surface area contributed by atoms with Crippen molar-refractivity contribution in [1.82, 2.24) is 9.21 Å².